The Morgan fingerprint density at radius 2 is 1.62 bits per heavy atom. The summed E-state index contributed by atoms with van der Waals surface area (Å²) in [6.07, 6.45) is -1.53. The Balaban J connectivity index is 0.711. The lowest BCUT2D eigenvalue weighted by Crippen LogP contribution is -2.61. The van der Waals surface area contributed by atoms with Crippen LogP contribution in [-0.4, -0.2) is 163 Å². The summed E-state index contributed by atoms with van der Waals surface area (Å²) in [5.41, 5.74) is 2.72. The molecule has 384 valence electrons. The Hall–Kier alpha value is -3.88. The highest BCUT2D eigenvalue weighted by Gasteiger charge is 2.59. The first-order valence-corrected chi connectivity index (χ1v) is 24.9. The van der Waals surface area contributed by atoms with E-state index >= 15 is 0 Å². The number of hydrogen-bond donors (Lipinski definition) is 8. The topological polar surface area (TPSA) is 241 Å². The molecule has 69 heavy (non-hydrogen) atoms. The second-order valence-electron chi connectivity index (χ2n) is 20.8. The highest BCUT2D eigenvalue weighted by Crippen LogP contribution is 2.62. The molecule has 8 N–H and O–H groups in total. The minimum Gasteiger partial charge on any atom is -0.507 e. The molecule has 2 aromatic rings. The molecule has 4 fully saturated rings. The predicted octanol–water partition coefficient (Wildman–Crippen LogP) is 1.72. The number of fused-ring (bicyclic) bond motifs is 5. The normalized spacial score (nSPS) is 30.5. The zero-order valence-electron chi connectivity index (χ0n) is 41.1. The summed E-state index contributed by atoms with van der Waals surface area (Å²) in [7, 11) is 1.73. The number of phenolic OH excluding ortho intramolecular Hbond substituents is 2. The van der Waals surface area contributed by atoms with E-state index in [0.29, 0.717) is 105 Å². The number of nitrogens with zero attached hydrogens (tertiary/aromatic N) is 1. The Bertz CT molecular complexity index is 2210. The van der Waals surface area contributed by atoms with Crippen molar-refractivity contribution >= 4 is 25.0 Å². The summed E-state index contributed by atoms with van der Waals surface area (Å²) in [6.45, 7) is 19.6. The van der Waals surface area contributed by atoms with E-state index in [-0.39, 0.29) is 47.7 Å². The maximum atomic E-state index is 13.0. The molecule has 2 saturated carbocycles. The number of benzene rings is 2. The molecule has 7 rings (SSSR count). The first-order chi connectivity index (χ1) is 32.8. The van der Waals surface area contributed by atoms with Gasteiger partial charge in [-0.25, -0.2) is 0 Å². The molecule has 0 aromatic heterocycles. The molecular weight excluding hydrogens is 891 g/mol. The molecule has 12 atom stereocenters. The summed E-state index contributed by atoms with van der Waals surface area (Å²) in [4.78, 5) is 27.1. The van der Waals surface area contributed by atoms with Gasteiger partial charge in [0.05, 0.1) is 39.1 Å². The average molecular weight is 968 g/mol. The Morgan fingerprint density at radius 3 is 2.36 bits per heavy atom. The van der Waals surface area contributed by atoms with Crippen LogP contribution in [0.25, 0.3) is 13.2 Å². The number of ether oxygens (including phenoxy) is 6. The number of carbonyl (C=O) groups excluding carboxylic acids is 2. The molecule has 2 heterocycles. The van der Waals surface area contributed by atoms with Gasteiger partial charge in [-0.1, -0.05) is 40.0 Å². The molecule has 0 bridgehead atoms. The summed E-state index contributed by atoms with van der Waals surface area (Å²) in [6, 6.07) is 6.47. The first-order valence-electron chi connectivity index (χ1n) is 24.9. The second-order valence-corrected chi connectivity index (χ2v) is 20.8. The van der Waals surface area contributed by atoms with Gasteiger partial charge in [0.2, 0.25) is 11.8 Å². The summed E-state index contributed by atoms with van der Waals surface area (Å²) in [5.74, 6) is 1.98. The predicted molar refractivity (Wildman–Crippen MR) is 256 cm³/mol. The number of epoxide rings is 1. The first kappa shape index (κ1) is 52.9. The third-order valence-corrected chi connectivity index (χ3v) is 15.8. The van der Waals surface area contributed by atoms with Crippen molar-refractivity contribution in [2.45, 2.75) is 146 Å². The van der Waals surface area contributed by atoms with Gasteiger partial charge in [-0.05, 0) is 98.3 Å². The van der Waals surface area contributed by atoms with Gasteiger partial charge in [0.25, 0.3) is 0 Å². The van der Waals surface area contributed by atoms with Crippen molar-refractivity contribution < 1.29 is 68.6 Å². The van der Waals surface area contributed by atoms with Crippen LogP contribution >= 0.6 is 0 Å². The summed E-state index contributed by atoms with van der Waals surface area (Å²) >= 11 is 0. The van der Waals surface area contributed by atoms with Crippen LogP contribution in [0.2, 0.25) is 0 Å². The average Bonchev–Trinajstić information content (AvgIpc) is 3.95. The number of carbonyl (C=O) groups is 2. The number of rotatable bonds is 23. The number of amides is 2. The van der Waals surface area contributed by atoms with Crippen LogP contribution in [0.3, 0.4) is 0 Å². The quantitative estimate of drug-likeness (QED) is 0.0450. The largest absolute Gasteiger partial charge is 0.507 e. The van der Waals surface area contributed by atoms with Crippen molar-refractivity contribution in [2.24, 2.45) is 17.3 Å². The number of nitrogens with one attached hydrogen (secondary N) is 2. The molecule has 3 aliphatic carbocycles. The van der Waals surface area contributed by atoms with Gasteiger partial charge in [-0.2, -0.15) is 0 Å². The van der Waals surface area contributed by atoms with E-state index in [9.17, 15) is 40.2 Å². The van der Waals surface area contributed by atoms with Crippen LogP contribution in [0.1, 0.15) is 100 Å². The molecule has 17 nitrogen and oxygen atoms in total. The lowest BCUT2D eigenvalue weighted by atomic mass is 9.55. The molecule has 12 unspecified atom stereocenters. The van der Waals surface area contributed by atoms with Crippen LogP contribution in [-0.2, 0) is 45.1 Å². The number of hydrogen-bond acceptors (Lipinski definition) is 15. The fraction of sp³-hybridized carbons (Fsp3) is 0.692. The van der Waals surface area contributed by atoms with Gasteiger partial charge in [0, 0.05) is 73.0 Å². The number of aliphatic hydroxyl groups excluding tert-OH is 4. The number of likely N-dealkylation sites (N-methyl/N-ethyl adjacent to an activating group) is 1. The van der Waals surface area contributed by atoms with Crippen molar-refractivity contribution in [3.05, 3.63) is 50.9 Å². The van der Waals surface area contributed by atoms with Gasteiger partial charge in [-0.3, -0.25) is 9.59 Å². The Morgan fingerprint density at radius 1 is 0.884 bits per heavy atom. The van der Waals surface area contributed by atoms with Crippen LogP contribution < -0.4 is 25.8 Å². The minimum absolute atomic E-state index is 0.0204. The van der Waals surface area contributed by atoms with Crippen LogP contribution in [0.5, 0.6) is 17.2 Å². The highest BCUT2D eigenvalue weighted by molar-refractivity contribution is 5.78. The Labute approximate surface area is 405 Å². The third-order valence-electron chi connectivity index (χ3n) is 15.8. The van der Waals surface area contributed by atoms with E-state index in [0.717, 1.165) is 44.3 Å². The maximum absolute atomic E-state index is 13.0. The molecule has 5 aliphatic rings. The Kier molecular flexibility index (Phi) is 17.4. The van der Waals surface area contributed by atoms with E-state index in [1.165, 1.54) is 11.1 Å². The van der Waals surface area contributed by atoms with Crippen molar-refractivity contribution in [2.75, 3.05) is 66.3 Å². The van der Waals surface area contributed by atoms with Gasteiger partial charge in [0.1, 0.15) is 47.8 Å². The summed E-state index contributed by atoms with van der Waals surface area (Å²) < 4.78 is 34.8. The molecule has 17 heteroatoms. The van der Waals surface area contributed by atoms with Crippen molar-refractivity contribution in [1.82, 2.24) is 15.5 Å². The monoisotopic (exact) mass is 968 g/mol. The SMILES string of the molecule is C=c1c(C)c(O)c(=C)c(C(C)(C)CC(=O)N(C)CCNCCOCCOCCC(=O)NCCCOc2ccc3c(c2)CCC2C3CCC3(C)C(OC4OC(C5OC5O)C(O)C(O)C4O)CCC23)c1O. The van der Waals surface area contributed by atoms with Crippen LogP contribution in [0.4, 0.5) is 0 Å². The third kappa shape index (κ3) is 11.9. The second kappa shape index (κ2) is 22.7. The van der Waals surface area contributed by atoms with Crippen molar-refractivity contribution in [1.29, 1.82) is 0 Å². The lowest BCUT2D eigenvalue weighted by Gasteiger charge is -2.51. The fourth-order valence-corrected chi connectivity index (χ4v) is 11.6. The standard InChI is InChI=1S/C52H77N3O14/c1-29-30(2)43(59)41(31(3)42(29)58)51(4,5)28-40(57)55(7)21-19-53-20-24-65-26-25-64-23-16-39(56)54-18-8-22-66-33-10-12-34-32(27-33)9-11-36-35(34)15-17-52(6)37(36)13-14-38(52)67-50-46(62)44(60)45(61)47(69-50)48-49(63)68-48/h10,12,27,35-38,44-50,53,58-63H,2-3,8-9,11,13-26,28H2,1,4-7H3,(H,54,56). The van der Waals surface area contributed by atoms with Gasteiger partial charge in [-0.15, -0.1) is 0 Å². The van der Waals surface area contributed by atoms with E-state index in [4.69, 9.17) is 28.4 Å². The van der Waals surface area contributed by atoms with Crippen molar-refractivity contribution in [3.63, 3.8) is 0 Å². The van der Waals surface area contributed by atoms with E-state index in [2.05, 4.69) is 48.9 Å². The smallest absolute Gasteiger partial charge is 0.223 e. The summed E-state index contributed by atoms with van der Waals surface area (Å²) in [5, 5.41) is 69.7. The highest BCUT2D eigenvalue weighted by atomic mass is 16.8. The van der Waals surface area contributed by atoms with Gasteiger partial charge >= 0.3 is 0 Å². The number of aliphatic hydroxyl groups is 4. The van der Waals surface area contributed by atoms with E-state index < -0.39 is 48.5 Å². The minimum atomic E-state index is -1.47. The molecule has 2 amide bonds. The zero-order valence-corrected chi connectivity index (χ0v) is 41.1. The molecule has 0 radical (unpaired) electrons. The van der Waals surface area contributed by atoms with E-state index in [1.807, 2.05) is 13.8 Å². The lowest BCUT2D eigenvalue weighted by molar-refractivity contribution is -0.318. The van der Waals surface area contributed by atoms with Gasteiger partial charge in [0.15, 0.2) is 12.6 Å². The number of aromatic hydroxyl groups is 2. The van der Waals surface area contributed by atoms with E-state index in [1.54, 1.807) is 18.9 Å². The molecule has 2 aromatic carbocycles. The fourth-order valence-electron chi connectivity index (χ4n) is 11.6. The molecule has 2 saturated heterocycles. The maximum Gasteiger partial charge on any atom is 0.223 e. The number of phenols is 2. The number of aryl methyl sites for hydroxylation is 1. The van der Waals surface area contributed by atoms with Gasteiger partial charge < -0.3 is 74.6 Å². The van der Waals surface area contributed by atoms with Crippen LogP contribution in [0.15, 0.2) is 18.2 Å². The van der Waals surface area contributed by atoms with Crippen LogP contribution in [0, 0.1) is 24.2 Å². The molecular formula is C52H77N3O14. The molecule has 2 aliphatic heterocycles. The molecule has 0 spiro atoms. The zero-order chi connectivity index (χ0) is 49.8. The van der Waals surface area contributed by atoms with Crippen molar-refractivity contribution in [3.8, 4) is 17.2 Å².